The lowest BCUT2D eigenvalue weighted by Crippen LogP contribution is -1.86. The van der Waals surface area contributed by atoms with Gasteiger partial charge in [0.05, 0.1) is 17.1 Å². The standard InChI is InChI=1S/C10H7ClFN/c11-6-9-4-2-7-1-3-8(12)5-10(7)13-9/h1-5H,6H2. The smallest absolute Gasteiger partial charge is 0.125 e. The molecule has 0 amide bonds. The van der Waals surface area contributed by atoms with Gasteiger partial charge in [-0.3, -0.25) is 4.98 Å². The number of pyridine rings is 1. The molecule has 0 unspecified atom stereocenters. The third-order valence-corrected chi connectivity index (χ3v) is 2.12. The van der Waals surface area contributed by atoms with Crippen molar-refractivity contribution in [3.8, 4) is 0 Å². The Morgan fingerprint density at radius 3 is 2.77 bits per heavy atom. The first-order valence-electron chi connectivity index (χ1n) is 3.91. The van der Waals surface area contributed by atoms with Crippen LogP contribution in [0.2, 0.25) is 0 Å². The molecule has 0 saturated heterocycles. The second-order valence-corrected chi connectivity index (χ2v) is 3.04. The lowest BCUT2D eigenvalue weighted by atomic mass is 10.2. The molecule has 0 N–H and O–H groups in total. The van der Waals surface area contributed by atoms with Crippen LogP contribution in [0.5, 0.6) is 0 Å². The van der Waals surface area contributed by atoms with Crippen LogP contribution in [0.25, 0.3) is 10.9 Å². The zero-order valence-corrected chi connectivity index (χ0v) is 7.55. The molecule has 1 aromatic carbocycles. The highest BCUT2D eigenvalue weighted by molar-refractivity contribution is 6.16. The fraction of sp³-hybridized carbons (Fsp3) is 0.100. The Bertz CT molecular complexity index is 442. The average Bonchev–Trinajstić information content (AvgIpc) is 2.16. The van der Waals surface area contributed by atoms with Crippen molar-refractivity contribution < 1.29 is 4.39 Å². The van der Waals surface area contributed by atoms with Crippen LogP contribution < -0.4 is 0 Å². The van der Waals surface area contributed by atoms with Crippen molar-refractivity contribution in [2.45, 2.75) is 5.88 Å². The average molecular weight is 196 g/mol. The monoisotopic (exact) mass is 195 g/mol. The normalized spacial score (nSPS) is 10.6. The van der Waals surface area contributed by atoms with Crippen molar-refractivity contribution in [2.24, 2.45) is 0 Å². The number of halogens is 2. The lowest BCUT2D eigenvalue weighted by Gasteiger charge is -1.99. The molecule has 1 nitrogen and oxygen atoms in total. The van der Waals surface area contributed by atoms with Gasteiger partial charge in [0.2, 0.25) is 0 Å². The van der Waals surface area contributed by atoms with Crippen molar-refractivity contribution in [2.75, 3.05) is 0 Å². The minimum atomic E-state index is -0.272. The first kappa shape index (κ1) is 8.45. The van der Waals surface area contributed by atoms with Crippen molar-refractivity contribution in [3.05, 3.63) is 41.8 Å². The highest BCUT2D eigenvalue weighted by Crippen LogP contribution is 2.14. The fourth-order valence-electron chi connectivity index (χ4n) is 1.21. The van der Waals surface area contributed by atoms with E-state index in [1.807, 2.05) is 12.1 Å². The lowest BCUT2D eigenvalue weighted by molar-refractivity contribution is 0.629. The van der Waals surface area contributed by atoms with Gasteiger partial charge in [-0.15, -0.1) is 11.6 Å². The summed E-state index contributed by atoms with van der Waals surface area (Å²) in [5.74, 6) is 0.0821. The molecule has 0 radical (unpaired) electrons. The maximum atomic E-state index is 12.8. The number of aromatic nitrogens is 1. The van der Waals surface area contributed by atoms with Crippen LogP contribution in [-0.4, -0.2) is 4.98 Å². The van der Waals surface area contributed by atoms with E-state index < -0.39 is 0 Å². The van der Waals surface area contributed by atoms with E-state index in [2.05, 4.69) is 4.98 Å². The summed E-state index contributed by atoms with van der Waals surface area (Å²) in [7, 11) is 0. The summed E-state index contributed by atoms with van der Waals surface area (Å²) in [6, 6.07) is 8.26. The summed E-state index contributed by atoms with van der Waals surface area (Å²) in [6.45, 7) is 0. The van der Waals surface area contributed by atoms with Gasteiger partial charge in [-0.1, -0.05) is 6.07 Å². The van der Waals surface area contributed by atoms with Gasteiger partial charge in [0.25, 0.3) is 0 Å². The van der Waals surface area contributed by atoms with Crippen LogP contribution in [0.4, 0.5) is 4.39 Å². The van der Waals surface area contributed by atoms with Crippen LogP contribution in [0, 0.1) is 5.82 Å². The summed E-state index contributed by atoms with van der Waals surface area (Å²) in [5.41, 5.74) is 1.41. The van der Waals surface area contributed by atoms with Crippen LogP contribution in [0.1, 0.15) is 5.69 Å². The first-order chi connectivity index (χ1) is 6.29. The Kier molecular flexibility index (Phi) is 2.15. The Morgan fingerprint density at radius 2 is 2.00 bits per heavy atom. The van der Waals surface area contributed by atoms with Gasteiger partial charge < -0.3 is 0 Å². The highest BCUT2D eigenvalue weighted by Gasteiger charge is 1.98. The van der Waals surface area contributed by atoms with Gasteiger partial charge in [0.1, 0.15) is 5.82 Å². The van der Waals surface area contributed by atoms with Gasteiger partial charge >= 0.3 is 0 Å². The van der Waals surface area contributed by atoms with E-state index in [1.54, 1.807) is 6.07 Å². The third-order valence-electron chi connectivity index (χ3n) is 1.85. The SMILES string of the molecule is Fc1ccc2ccc(CCl)nc2c1. The molecule has 66 valence electrons. The van der Waals surface area contributed by atoms with Gasteiger partial charge in [0, 0.05) is 11.5 Å². The van der Waals surface area contributed by atoms with Crippen molar-refractivity contribution in [1.29, 1.82) is 0 Å². The molecular formula is C10H7ClFN. The number of fused-ring (bicyclic) bond motifs is 1. The number of rotatable bonds is 1. The Morgan fingerprint density at radius 1 is 1.23 bits per heavy atom. The molecule has 13 heavy (non-hydrogen) atoms. The maximum Gasteiger partial charge on any atom is 0.125 e. The predicted molar refractivity (Wildman–Crippen MR) is 51.3 cm³/mol. The summed E-state index contributed by atoms with van der Waals surface area (Å²) in [5, 5.41) is 0.926. The molecule has 0 spiro atoms. The van der Waals surface area contributed by atoms with Crippen LogP contribution in [0.3, 0.4) is 0 Å². The zero-order chi connectivity index (χ0) is 9.26. The summed E-state index contributed by atoms with van der Waals surface area (Å²) >= 11 is 5.61. The first-order valence-corrected chi connectivity index (χ1v) is 4.44. The van der Waals surface area contributed by atoms with E-state index in [4.69, 9.17) is 11.6 Å². The molecule has 1 heterocycles. The fourth-order valence-corrected chi connectivity index (χ4v) is 1.36. The van der Waals surface area contributed by atoms with Crippen molar-refractivity contribution in [1.82, 2.24) is 4.98 Å². The molecule has 0 aliphatic heterocycles. The Hall–Kier alpha value is -1.15. The number of benzene rings is 1. The second-order valence-electron chi connectivity index (χ2n) is 2.77. The van der Waals surface area contributed by atoms with E-state index in [0.717, 1.165) is 11.1 Å². The molecule has 2 aromatic rings. The molecule has 2 rings (SSSR count). The molecule has 0 bridgehead atoms. The number of hydrogen-bond donors (Lipinski definition) is 0. The molecule has 1 aromatic heterocycles. The van der Waals surface area contributed by atoms with E-state index in [1.165, 1.54) is 12.1 Å². The molecule has 0 fully saturated rings. The van der Waals surface area contributed by atoms with Crippen LogP contribution in [-0.2, 0) is 5.88 Å². The zero-order valence-electron chi connectivity index (χ0n) is 6.80. The largest absolute Gasteiger partial charge is 0.251 e. The second kappa shape index (κ2) is 3.30. The summed E-state index contributed by atoms with van der Waals surface area (Å²) in [4.78, 5) is 4.18. The van der Waals surface area contributed by atoms with E-state index in [0.29, 0.717) is 11.4 Å². The van der Waals surface area contributed by atoms with Gasteiger partial charge in [-0.25, -0.2) is 4.39 Å². The third kappa shape index (κ3) is 1.63. The summed E-state index contributed by atoms with van der Waals surface area (Å²) < 4.78 is 12.8. The van der Waals surface area contributed by atoms with Gasteiger partial charge in [-0.05, 0) is 18.2 Å². The molecule has 0 atom stereocenters. The van der Waals surface area contributed by atoms with Gasteiger partial charge in [-0.2, -0.15) is 0 Å². The molecule has 0 aliphatic carbocycles. The molecule has 3 heteroatoms. The molecule has 0 saturated carbocycles. The Balaban J connectivity index is 2.68. The van der Waals surface area contributed by atoms with E-state index in [-0.39, 0.29) is 5.82 Å². The topological polar surface area (TPSA) is 12.9 Å². The van der Waals surface area contributed by atoms with Gasteiger partial charge in [0.15, 0.2) is 0 Å². The van der Waals surface area contributed by atoms with Crippen LogP contribution in [0.15, 0.2) is 30.3 Å². The number of alkyl halides is 1. The van der Waals surface area contributed by atoms with E-state index >= 15 is 0 Å². The van der Waals surface area contributed by atoms with Crippen LogP contribution >= 0.6 is 11.6 Å². The van der Waals surface area contributed by atoms with Crippen molar-refractivity contribution in [3.63, 3.8) is 0 Å². The maximum absolute atomic E-state index is 12.8. The van der Waals surface area contributed by atoms with E-state index in [9.17, 15) is 4.39 Å². The highest BCUT2D eigenvalue weighted by atomic mass is 35.5. The summed E-state index contributed by atoms with van der Waals surface area (Å²) in [6.07, 6.45) is 0. The number of nitrogens with zero attached hydrogens (tertiary/aromatic N) is 1. The minimum Gasteiger partial charge on any atom is -0.251 e. The number of hydrogen-bond acceptors (Lipinski definition) is 1. The van der Waals surface area contributed by atoms with Crippen molar-refractivity contribution >= 4 is 22.5 Å². The molecular weight excluding hydrogens is 189 g/mol. The quantitative estimate of drug-likeness (QED) is 0.638. The predicted octanol–water partition coefficient (Wildman–Crippen LogP) is 3.11. The Labute approximate surface area is 80.2 Å². The minimum absolute atomic E-state index is 0.272. The molecule has 0 aliphatic rings.